The molecular weight excluding hydrogens is 261 g/mol. The molecule has 0 radical (unpaired) electrons. The van der Waals surface area contributed by atoms with Gasteiger partial charge in [-0.2, -0.15) is 4.57 Å². The number of phosphoric ester groups is 1. The third kappa shape index (κ3) is 3.64. The summed E-state index contributed by atoms with van der Waals surface area (Å²) in [6, 6.07) is 4.93. The summed E-state index contributed by atoms with van der Waals surface area (Å²) in [6.07, 6.45) is 1.80. The molecular formula is C10H10NO6P. The van der Waals surface area contributed by atoms with Gasteiger partial charge in [-0.3, -0.25) is 10.1 Å². The maximum atomic E-state index is 11.9. The molecule has 0 saturated carbocycles. The monoisotopic (exact) mass is 271 g/mol. The SMILES string of the molecule is C=COP(=O)(OC=C)Oc1ccc([N+](=O)[O-])cc1. The van der Waals surface area contributed by atoms with Crippen molar-refractivity contribution in [1.29, 1.82) is 0 Å². The van der Waals surface area contributed by atoms with Crippen molar-refractivity contribution in [2.45, 2.75) is 0 Å². The molecule has 1 rings (SSSR count). The van der Waals surface area contributed by atoms with Gasteiger partial charge in [0.25, 0.3) is 5.69 Å². The zero-order chi connectivity index (χ0) is 13.6. The number of hydrogen-bond acceptors (Lipinski definition) is 6. The van der Waals surface area contributed by atoms with Crippen molar-refractivity contribution in [1.82, 2.24) is 0 Å². The Balaban J connectivity index is 2.87. The largest absolute Gasteiger partial charge is 0.645 e. The molecule has 0 aliphatic carbocycles. The van der Waals surface area contributed by atoms with Gasteiger partial charge in [-0.15, -0.1) is 0 Å². The summed E-state index contributed by atoms with van der Waals surface area (Å²) in [5, 5.41) is 10.4. The molecule has 96 valence electrons. The van der Waals surface area contributed by atoms with Crippen molar-refractivity contribution in [3.8, 4) is 5.75 Å². The fourth-order valence-electron chi connectivity index (χ4n) is 1.01. The molecule has 0 N–H and O–H groups in total. The Bertz CT molecular complexity index is 484. The highest BCUT2D eigenvalue weighted by atomic mass is 31.2. The second-order valence-electron chi connectivity index (χ2n) is 2.83. The van der Waals surface area contributed by atoms with Gasteiger partial charge in [0.05, 0.1) is 17.4 Å². The second kappa shape index (κ2) is 5.88. The molecule has 0 saturated heterocycles. The number of nitrogens with zero attached hydrogens (tertiary/aromatic N) is 1. The number of hydrogen-bond donors (Lipinski definition) is 0. The van der Waals surface area contributed by atoms with E-state index in [0.717, 1.165) is 12.5 Å². The van der Waals surface area contributed by atoms with E-state index in [0.29, 0.717) is 0 Å². The molecule has 0 aromatic heterocycles. The van der Waals surface area contributed by atoms with Gasteiger partial charge in [-0.05, 0) is 12.1 Å². The second-order valence-corrected chi connectivity index (χ2v) is 4.33. The van der Waals surface area contributed by atoms with Crippen molar-refractivity contribution in [2.75, 3.05) is 0 Å². The van der Waals surface area contributed by atoms with Crippen LogP contribution in [0.1, 0.15) is 0 Å². The molecule has 0 atom stereocenters. The number of benzene rings is 1. The zero-order valence-electron chi connectivity index (χ0n) is 9.22. The summed E-state index contributed by atoms with van der Waals surface area (Å²) in [7, 11) is -3.89. The number of nitro groups is 1. The van der Waals surface area contributed by atoms with Crippen molar-refractivity contribution in [3.05, 3.63) is 60.1 Å². The summed E-state index contributed by atoms with van der Waals surface area (Å²) in [5.41, 5.74) is -0.119. The minimum Gasteiger partial charge on any atom is -0.395 e. The van der Waals surface area contributed by atoms with Crippen LogP contribution in [0.2, 0.25) is 0 Å². The third-order valence-corrected chi connectivity index (χ3v) is 2.92. The van der Waals surface area contributed by atoms with Crippen LogP contribution in [0.25, 0.3) is 0 Å². The molecule has 18 heavy (non-hydrogen) atoms. The van der Waals surface area contributed by atoms with E-state index in [2.05, 4.69) is 22.2 Å². The minimum atomic E-state index is -3.89. The maximum absolute atomic E-state index is 11.9. The molecule has 0 aliphatic heterocycles. The van der Waals surface area contributed by atoms with E-state index in [1.165, 1.54) is 24.3 Å². The molecule has 0 fully saturated rings. The fourth-order valence-corrected chi connectivity index (χ4v) is 1.89. The van der Waals surface area contributed by atoms with E-state index in [9.17, 15) is 14.7 Å². The first-order valence-electron chi connectivity index (χ1n) is 4.63. The van der Waals surface area contributed by atoms with E-state index in [4.69, 9.17) is 4.52 Å². The Hall–Kier alpha value is -2.27. The Labute approximate surface area is 103 Å². The minimum absolute atomic E-state index is 0.0904. The van der Waals surface area contributed by atoms with Crippen LogP contribution in [0.5, 0.6) is 5.75 Å². The Morgan fingerprint density at radius 2 is 1.67 bits per heavy atom. The summed E-state index contributed by atoms with van der Waals surface area (Å²) in [4.78, 5) is 9.87. The van der Waals surface area contributed by atoms with Crippen LogP contribution in [0.15, 0.2) is 49.9 Å². The van der Waals surface area contributed by atoms with E-state index in [1.807, 2.05) is 0 Å². The van der Waals surface area contributed by atoms with Crippen molar-refractivity contribution in [2.24, 2.45) is 0 Å². The van der Waals surface area contributed by atoms with Crippen LogP contribution in [0, 0.1) is 10.1 Å². The van der Waals surface area contributed by atoms with Gasteiger partial charge in [0.2, 0.25) is 0 Å². The number of phosphoric acid groups is 1. The summed E-state index contributed by atoms with van der Waals surface area (Å²) in [5.74, 6) is 0.0904. The standard InChI is InChI=1S/C10H10NO6P/c1-3-15-18(14,16-4-2)17-10-7-5-9(6-8-10)11(12)13/h3-8H,1-2H2. The van der Waals surface area contributed by atoms with Crippen LogP contribution in [-0.2, 0) is 13.6 Å². The predicted molar refractivity (Wildman–Crippen MR) is 63.9 cm³/mol. The topological polar surface area (TPSA) is 87.9 Å². The lowest BCUT2D eigenvalue weighted by atomic mass is 10.3. The molecule has 7 nitrogen and oxygen atoms in total. The van der Waals surface area contributed by atoms with E-state index in [-0.39, 0.29) is 11.4 Å². The van der Waals surface area contributed by atoms with Crippen molar-refractivity contribution < 1.29 is 23.1 Å². The highest BCUT2D eigenvalue weighted by Gasteiger charge is 2.29. The molecule has 0 aliphatic rings. The van der Waals surface area contributed by atoms with Gasteiger partial charge < -0.3 is 13.6 Å². The summed E-state index contributed by atoms with van der Waals surface area (Å²) < 4.78 is 26.1. The quantitative estimate of drug-likeness (QED) is 0.327. The van der Waals surface area contributed by atoms with Gasteiger partial charge in [-0.1, -0.05) is 13.2 Å². The third-order valence-electron chi connectivity index (χ3n) is 1.67. The van der Waals surface area contributed by atoms with Gasteiger partial charge in [-0.25, -0.2) is 0 Å². The molecule has 0 amide bonds. The van der Waals surface area contributed by atoms with Gasteiger partial charge in [0.15, 0.2) is 0 Å². The fraction of sp³-hybridized carbons (Fsp3) is 0. The average Bonchev–Trinajstić information content (AvgIpc) is 2.30. The normalized spacial score (nSPS) is 10.2. The van der Waals surface area contributed by atoms with E-state index < -0.39 is 12.7 Å². The first-order valence-corrected chi connectivity index (χ1v) is 6.09. The zero-order valence-corrected chi connectivity index (χ0v) is 10.1. The van der Waals surface area contributed by atoms with Gasteiger partial charge in [0.1, 0.15) is 5.75 Å². The molecule has 1 aromatic rings. The van der Waals surface area contributed by atoms with E-state index >= 15 is 0 Å². The van der Waals surface area contributed by atoms with Crippen LogP contribution in [-0.4, -0.2) is 4.92 Å². The summed E-state index contributed by atoms with van der Waals surface area (Å²) in [6.45, 7) is 6.46. The molecule has 0 unspecified atom stereocenters. The predicted octanol–water partition coefficient (Wildman–Crippen LogP) is 3.40. The van der Waals surface area contributed by atoms with E-state index in [1.54, 1.807) is 0 Å². The summed E-state index contributed by atoms with van der Waals surface area (Å²) >= 11 is 0. The lowest BCUT2D eigenvalue weighted by Gasteiger charge is -2.14. The lowest BCUT2D eigenvalue weighted by molar-refractivity contribution is -0.384. The van der Waals surface area contributed by atoms with Crippen molar-refractivity contribution >= 4 is 13.5 Å². The maximum Gasteiger partial charge on any atom is 0.645 e. The molecule has 0 spiro atoms. The highest BCUT2D eigenvalue weighted by molar-refractivity contribution is 7.49. The first-order chi connectivity index (χ1) is 8.50. The molecule has 0 heterocycles. The number of non-ortho nitro benzene ring substituents is 1. The van der Waals surface area contributed by atoms with Gasteiger partial charge in [0, 0.05) is 12.1 Å². The van der Waals surface area contributed by atoms with Crippen LogP contribution in [0.3, 0.4) is 0 Å². The van der Waals surface area contributed by atoms with Crippen molar-refractivity contribution in [3.63, 3.8) is 0 Å². The van der Waals surface area contributed by atoms with Crippen LogP contribution in [0.4, 0.5) is 5.69 Å². The molecule has 0 bridgehead atoms. The lowest BCUT2D eigenvalue weighted by Crippen LogP contribution is -1.96. The molecule has 8 heteroatoms. The highest BCUT2D eigenvalue weighted by Crippen LogP contribution is 2.49. The average molecular weight is 271 g/mol. The smallest absolute Gasteiger partial charge is 0.395 e. The van der Waals surface area contributed by atoms with Crippen LogP contribution >= 0.6 is 7.82 Å². The Morgan fingerprint density at radius 3 is 2.06 bits per heavy atom. The van der Waals surface area contributed by atoms with Gasteiger partial charge >= 0.3 is 7.82 Å². The number of nitro benzene ring substituents is 1. The molecule has 1 aromatic carbocycles. The first kappa shape index (κ1) is 13.8. The Kier molecular flexibility index (Phi) is 4.51. The number of rotatable bonds is 7. The van der Waals surface area contributed by atoms with Crippen LogP contribution < -0.4 is 4.52 Å². The Morgan fingerprint density at radius 1 is 1.17 bits per heavy atom.